The number of fused-ring (bicyclic) bond motifs is 1. The minimum atomic E-state index is 0.0506. The Hall–Kier alpha value is -2.90. The molecule has 2 aromatic heterocycles. The third-order valence-corrected chi connectivity index (χ3v) is 9.46. The van der Waals surface area contributed by atoms with Crippen LogP contribution in [0.1, 0.15) is 32.2 Å². The van der Waals surface area contributed by atoms with Gasteiger partial charge < -0.3 is 0 Å². The zero-order valence-corrected chi connectivity index (χ0v) is 23.4. The van der Waals surface area contributed by atoms with Crippen molar-refractivity contribution in [2.24, 2.45) is 7.05 Å². The normalized spacial score (nSPS) is 15.9. The molecule has 0 saturated carbocycles. The quantitative estimate of drug-likeness (QED) is 0.219. The fourth-order valence-corrected chi connectivity index (χ4v) is 6.95. The summed E-state index contributed by atoms with van der Waals surface area (Å²) in [6, 6.07) is 25.8. The maximum atomic E-state index is 6.25. The molecular formula is C30H27ClIN4-. The van der Waals surface area contributed by atoms with E-state index in [1.807, 2.05) is 24.7 Å². The van der Waals surface area contributed by atoms with Gasteiger partial charge in [-0.05, 0) is 0 Å². The van der Waals surface area contributed by atoms with Crippen LogP contribution >= 0.6 is 11.6 Å². The molecule has 6 rings (SSSR count). The molecule has 1 aliphatic rings. The second kappa shape index (κ2) is 9.52. The molecular weight excluding hydrogens is 579 g/mol. The van der Waals surface area contributed by atoms with Gasteiger partial charge in [0.15, 0.2) is 0 Å². The third-order valence-electron chi connectivity index (χ3n) is 6.82. The Bertz CT molecular complexity index is 1540. The van der Waals surface area contributed by atoms with Crippen molar-refractivity contribution < 1.29 is 21.2 Å². The Morgan fingerprint density at radius 3 is 2.36 bits per heavy atom. The summed E-state index contributed by atoms with van der Waals surface area (Å²) in [6.07, 6.45) is 3.84. The third kappa shape index (κ3) is 4.28. The molecule has 0 spiro atoms. The molecule has 1 aliphatic heterocycles. The van der Waals surface area contributed by atoms with Gasteiger partial charge in [-0.2, -0.15) is 0 Å². The molecule has 3 aromatic carbocycles. The summed E-state index contributed by atoms with van der Waals surface area (Å²) >= 11 is 6.44. The average Bonchev–Trinajstić information content (AvgIpc) is 3.65. The second-order valence-corrected chi connectivity index (χ2v) is 13.2. The molecule has 2 atom stereocenters. The van der Waals surface area contributed by atoms with E-state index in [1.54, 1.807) is 0 Å². The molecule has 3 heterocycles. The zero-order chi connectivity index (χ0) is 24.8. The number of hydrogen-bond acceptors (Lipinski definition) is 3. The number of hydrogen-bond donors (Lipinski definition) is 0. The fraction of sp³-hybridized carbons (Fsp3) is 0.200. The molecule has 36 heavy (non-hydrogen) atoms. The van der Waals surface area contributed by atoms with Crippen LogP contribution in [0.25, 0.3) is 22.0 Å². The van der Waals surface area contributed by atoms with E-state index in [0.717, 1.165) is 22.1 Å². The maximum absolute atomic E-state index is 6.25. The Balaban J connectivity index is 1.62. The van der Waals surface area contributed by atoms with Gasteiger partial charge in [-0.15, -0.1) is 0 Å². The molecule has 6 heteroatoms. The van der Waals surface area contributed by atoms with E-state index in [-0.39, 0.29) is 27.1 Å². The van der Waals surface area contributed by atoms with Gasteiger partial charge in [0.2, 0.25) is 0 Å². The Labute approximate surface area is 227 Å². The number of alkyl halides is 2. The van der Waals surface area contributed by atoms with Crippen molar-refractivity contribution in [3.05, 3.63) is 113 Å². The molecule has 5 aromatic rings. The van der Waals surface area contributed by atoms with Crippen LogP contribution in [0.3, 0.4) is 0 Å². The molecule has 0 radical (unpaired) electrons. The topological polar surface area (TPSA) is 34.0 Å². The number of imidazole rings is 1. The molecule has 0 aliphatic carbocycles. The van der Waals surface area contributed by atoms with Crippen LogP contribution in [0.2, 0.25) is 5.02 Å². The van der Waals surface area contributed by atoms with Gasteiger partial charge >= 0.3 is 228 Å². The van der Waals surface area contributed by atoms with Crippen LogP contribution in [0.4, 0.5) is 5.82 Å². The molecule has 0 bridgehead atoms. The zero-order valence-electron chi connectivity index (χ0n) is 20.5. The number of nitrogens with zero attached hydrogens (tertiary/aromatic N) is 4. The number of aromatic nitrogens is 3. The number of halogens is 2. The first-order valence-corrected chi connectivity index (χ1v) is 15.2. The molecule has 0 amide bonds. The minimum absolute atomic E-state index is 0.0506. The first kappa shape index (κ1) is 23.5. The second-order valence-electron chi connectivity index (χ2n) is 9.45. The van der Waals surface area contributed by atoms with Crippen molar-refractivity contribution in [3.63, 3.8) is 0 Å². The summed E-state index contributed by atoms with van der Waals surface area (Å²) in [5.41, 5.74) is 8.66. The summed E-state index contributed by atoms with van der Waals surface area (Å²) in [7, 11) is 6.25. The number of benzene rings is 3. The van der Waals surface area contributed by atoms with Gasteiger partial charge in [0, 0.05) is 0 Å². The van der Waals surface area contributed by atoms with E-state index in [0.29, 0.717) is 3.92 Å². The van der Waals surface area contributed by atoms with Crippen LogP contribution in [0.5, 0.6) is 0 Å². The first-order chi connectivity index (χ1) is 17.5. The molecule has 2 unspecified atom stereocenters. The number of aryl methyl sites for hydroxylation is 1. The summed E-state index contributed by atoms with van der Waals surface area (Å²) in [5, 5.41) is 2.02. The Morgan fingerprint density at radius 1 is 1.00 bits per heavy atom. The van der Waals surface area contributed by atoms with Gasteiger partial charge in [-0.1, -0.05) is 0 Å². The van der Waals surface area contributed by atoms with Crippen molar-refractivity contribution in [2.75, 3.05) is 23.4 Å². The van der Waals surface area contributed by atoms with E-state index >= 15 is 0 Å². The van der Waals surface area contributed by atoms with E-state index in [9.17, 15) is 0 Å². The molecule has 4 nitrogen and oxygen atoms in total. The van der Waals surface area contributed by atoms with Crippen molar-refractivity contribution >= 4 is 28.3 Å². The van der Waals surface area contributed by atoms with Crippen LogP contribution in [-0.2, 0) is 7.05 Å². The average molecular weight is 606 g/mol. The summed E-state index contributed by atoms with van der Waals surface area (Å²) < 4.78 is 4.11. The monoisotopic (exact) mass is 605 g/mol. The number of rotatable bonds is 6. The standard InChI is InChI=1S/C30H27ClIN4/c1-35(2)30-28(19-7-5-4-6-8-19)29(24-16-32-24)23-15-21(11-14-25(23)34-30)27(26-17-33-18-36(26)3)20-9-12-22(31)13-10-20/h4-15,17-18,24,27H,16H2,1-3H3/q-1. The summed E-state index contributed by atoms with van der Waals surface area (Å²) in [5.74, 6) is 1.10. The SMILES string of the molecule is CN(C)c1nc2ccc(C(c3ccc(Cl)cc3)c3cncn3C)cc2c(C2C[I-]2)c1-c1ccccc1. The van der Waals surface area contributed by atoms with Crippen molar-refractivity contribution in [2.45, 2.75) is 9.84 Å². The molecule has 1 saturated heterocycles. The Morgan fingerprint density at radius 2 is 1.72 bits per heavy atom. The van der Waals surface area contributed by atoms with Gasteiger partial charge in [-0.3, -0.25) is 0 Å². The molecule has 1 fully saturated rings. The van der Waals surface area contributed by atoms with Crippen LogP contribution in [0.15, 0.2) is 85.3 Å². The summed E-state index contributed by atoms with van der Waals surface area (Å²) in [6.45, 7) is 0. The van der Waals surface area contributed by atoms with Gasteiger partial charge in [0.25, 0.3) is 0 Å². The predicted molar refractivity (Wildman–Crippen MR) is 145 cm³/mol. The van der Waals surface area contributed by atoms with Gasteiger partial charge in [-0.25, -0.2) is 0 Å². The van der Waals surface area contributed by atoms with E-state index in [4.69, 9.17) is 16.6 Å². The Kier molecular flexibility index (Phi) is 6.21. The van der Waals surface area contributed by atoms with Gasteiger partial charge in [0.1, 0.15) is 0 Å². The van der Waals surface area contributed by atoms with Crippen LogP contribution < -0.4 is 26.1 Å². The predicted octanol–water partition coefficient (Wildman–Crippen LogP) is 3.68. The van der Waals surface area contributed by atoms with Crippen LogP contribution in [0, 0.1) is 0 Å². The number of pyridine rings is 1. The van der Waals surface area contributed by atoms with Gasteiger partial charge in [0.05, 0.1) is 0 Å². The van der Waals surface area contributed by atoms with Crippen molar-refractivity contribution in [3.8, 4) is 11.1 Å². The van der Waals surface area contributed by atoms with E-state index < -0.39 is 0 Å². The number of anilines is 1. The summed E-state index contributed by atoms with van der Waals surface area (Å²) in [4.78, 5) is 11.8. The van der Waals surface area contributed by atoms with E-state index in [2.05, 4.69) is 96.3 Å². The molecule has 182 valence electrons. The fourth-order valence-electron chi connectivity index (χ4n) is 5.04. The van der Waals surface area contributed by atoms with Crippen molar-refractivity contribution in [1.29, 1.82) is 0 Å². The molecule has 0 N–H and O–H groups in total. The van der Waals surface area contributed by atoms with Crippen LogP contribution in [-0.4, -0.2) is 33.1 Å². The first-order valence-electron chi connectivity index (χ1n) is 12.0. The van der Waals surface area contributed by atoms with E-state index in [1.165, 1.54) is 37.6 Å². The van der Waals surface area contributed by atoms with Crippen molar-refractivity contribution in [1.82, 2.24) is 14.5 Å².